The Kier molecular flexibility index (Phi) is 6.91. The molecule has 0 fully saturated rings. The third-order valence-corrected chi connectivity index (χ3v) is 3.76. The molecule has 2 N–H and O–H groups in total. The summed E-state index contributed by atoms with van der Waals surface area (Å²) >= 11 is 17.6. The number of carbonyl (C=O) groups excluding carboxylic acids is 2. The number of benzene rings is 2. The molecule has 7 heteroatoms. The summed E-state index contributed by atoms with van der Waals surface area (Å²) in [5.74, 6) is -0.795. The third kappa shape index (κ3) is 6.40. The van der Waals surface area contributed by atoms with Crippen LogP contribution in [0.15, 0.2) is 42.5 Å². The predicted octanol–water partition coefficient (Wildman–Crippen LogP) is 4.33. The molecular weight excluding hydrogens is 371 g/mol. The molecule has 2 aromatic carbocycles. The number of hydrogen-bond donors (Lipinski definition) is 2. The largest absolute Gasteiger partial charge is 0.355 e. The Morgan fingerprint density at radius 3 is 2.25 bits per heavy atom. The Morgan fingerprint density at radius 1 is 0.875 bits per heavy atom. The molecule has 0 heterocycles. The minimum atomic E-state index is -0.436. The van der Waals surface area contributed by atoms with E-state index < -0.39 is 5.91 Å². The summed E-state index contributed by atoms with van der Waals surface area (Å²) in [6.07, 6.45) is 0.359. The summed E-state index contributed by atoms with van der Waals surface area (Å²) in [5, 5.41) is 6.74. The topological polar surface area (TPSA) is 58.2 Å². The molecule has 2 aromatic rings. The van der Waals surface area contributed by atoms with E-state index in [1.54, 1.807) is 24.3 Å². The quantitative estimate of drug-likeness (QED) is 0.727. The molecule has 2 amide bonds. The second-order valence-electron chi connectivity index (χ2n) is 5.11. The number of amides is 2. The number of nitrogens with one attached hydrogen (secondary N) is 2. The Morgan fingerprint density at radius 2 is 1.58 bits per heavy atom. The number of hydrogen-bond acceptors (Lipinski definition) is 2. The van der Waals surface area contributed by atoms with Crippen LogP contribution in [0.3, 0.4) is 0 Å². The van der Waals surface area contributed by atoms with Gasteiger partial charge in [-0.15, -0.1) is 0 Å². The van der Waals surface area contributed by atoms with E-state index in [0.29, 0.717) is 33.7 Å². The van der Waals surface area contributed by atoms with Crippen molar-refractivity contribution in [2.45, 2.75) is 12.8 Å². The minimum Gasteiger partial charge on any atom is -0.355 e. The van der Waals surface area contributed by atoms with E-state index in [1.165, 1.54) is 0 Å². The van der Waals surface area contributed by atoms with Crippen molar-refractivity contribution in [3.8, 4) is 0 Å². The lowest BCUT2D eigenvalue weighted by molar-refractivity contribution is -0.126. The molecule has 0 aliphatic rings. The van der Waals surface area contributed by atoms with Crippen molar-refractivity contribution in [1.29, 1.82) is 0 Å². The molecule has 0 unspecified atom stereocenters. The van der Waals surface area contributed by atoms with Crippen LogP contribution in [0.25, 0.3) is 0 Å². The molecule has 0 aromatic heterocycles. The molecule has 0 radical (unpaired) electrons. The second-order valence-corrected chi connectivity index (χ2v) is 6.42. The van der Waals surface area contributed by atoms with Crippen LogP contribution < -0.4 is 10.6 Å². The molecule has 4 nitrogen and oxygen atoms in total. The monoisotopic (exact) mass is 384 g/mol. The fraction of sp³-hybridized carbons (Fsp3) is 0.176. The van der Waals surface area contributed by atoms with Crippen LogP contribution in [0.4, 0.5) is 5.69 Å². The van der Waals surface area contributed by atoms with Crippen molar-refractivity contribution < 1.29 is 9.59 Å². The van der Waals surface area contributed by atoms with Crippen LogP contribution in [0.2, 0.25) is 15.1 Å². The van der Waals surface area contributed by atoms with E-state index in [1.807, 2.05) is 18.2 Å². The average molecular weight is 386 g/mol. The van der Waals surface area contributed by atoms with Crippen molar-refractivity contribution in [3.05, 3.63) is 63.1 Å². The molecule has 0 atom stereocenters. The zero-order valence-corrected chi connectivity index (χ0v) is 14.9. The second kappa shape index (κ2) is 8.92. The molecule has 0 saturated carbocycles. The van der Waals surface area contributed by atoms with Crippen LogP contribution in [-0.4, -0.2) is 18.4 Å². The van der Waals surface area contributed by atoms with Crippen LogP contribution in [-0.2, 0) is 16.0 Å². The maximum Gasteiger partial charge on any atom is 0.233 e. The van der Waals surface area contributed by atoms with Gasteiger partial charge in [-0.1, -0.05) is 46.9 Å². The highest BCUT2D eigenvalue weighted by molar-refractivity contribution is 6.35. The fourth-order valence-corrected chi connectivity index (χ4v) is 2.82. The number of rotatable bonds is 6. The van der Waals surface area contributed by atoms with Gasteiger partial charge in [0.2, 0.25) is 11.8 Å². The maximum atomic E-state index is 11.8. The first kappa shape index (κ1) is 18.6. The van der Waals surface area contributed by atoms with Crippen LogP contribution in [0.1, 0.15) is 12.0 Å². The Hall–Kier alpha value is -1.75. The smallest absolute Gasteiger partial charge is 0.233 e. The first-order chi connectivity index (χ1) is 11.4. The SMILES string of the molecule is O=C(CC(=O)Nc1cc(Cl)cc(Cl)c1)NCCc1cccc(Cl)c1. The van der Waals surface area contributed by atoms with Gasteiger partial charge in [0, 0.05) is 27.3 Å². The molecule has 0 aliphatic carbocycles. The lowest BCUT2D eigenvalue weighted by Gasteiger charge is -2.08. The first-order valence-corrected chi connectivity index (χ1v) is 8.33. The molecule has 126 valence electrons. The zero-order chi connectivity index (χ0) is 17.5. The molecule has 0 aliphatic heterocycles. The molecule has 24 heavy (non-hydrogen) atoms. The third-order valence-electron chi connectivity index (χ3n) is 3.09. The average Bonchev–Trinajstić information content (AvgIpc) is 2.45. The van der Waals surface area contributed by atoms with Crippen molar-refractivity contribution in [1.82, 2.24) is 5.32 Å². The van der Waals surface area contributed by atoms with Gasteiger partial charge < -0.3 is 10.6 Å². The van der Waals surface area contributed by atoms with Gasteiger partial charge in [-0.3, -0.25) is 9.59 Å². The highest BCUT2D eigenvalue weighted by Gasteiger charge is 2.10. The molecule has 2 rings (SSSR count). The van der Waals surface area contributed by atoms with E-state index in [4.69, 9.17) is 34.8 Å². The summed E-state index contributed by atoms with van der Waals surface area (Å²) in [5.41, 5.74) is 1.46. The Labute approximate surface area is 155 Å². The highest BCUT2D eigenvalue weighted by Crippen LogP contribution is 2.22. The van der Waals surface area contributed by atoms with Gasteiger partial charge >= 0.3 is 0 Å². The van der Waals surface area contributed by atoms with E-state index >= 15 is 0 Å². The van der Waals surface area contributed by atoms with E-state index in [0.717, 1.165) is 5.56 Å². The Bertz CT molecular complexity index is 730. The highest BCUT2D eigenvalue weighted by atomic mass is 35.5. The summed E-state index contributed by atoms with van der Waals surface area (Å²) in [4.78, 5) is 23.6. The Balaban J connectivity index is 1.76. The summed E-state index contributed by atoms with van der Waals surface area (Å²) in [6, 6.07) is 12.1. The zero-order valence-electron chi connectivity index (χ0n) is 12.6. The van der Waals surface area contributed by atoms with E-state index in [2.05, 4.69) is 10.6 Å². The van der Waals surface area contributed by atoms with Gasteiger partial charge in [0.05, 0.1) is 0 Å². The summed E-state index contributed by atoms with van der Waals surface area (Å²) in [7, 11) is 0. The van der Waals surface area contributed by atoms with Crippen molar-refractivity contribution in [2.24, 2.45) is 0 Å². The standard InChI is InChI=1S/C17H15Cl3N2O2/c18-12-3-1-2-11(6-12)4-5-21-16(23)10-17(24)22-15-8-13(19)7-14(20)9-15/h1-3,6-9H,4-5,10H2,(H,21,23)(H,22,24). The van der Waals surface area contributed by atoms with Crippen molar-refractivity contribution in [3.63, 3.8) is 0 Å². The van der Waals surface area contributed by atoms with Crippen LogP contribution in [0, 0.1) is 0 Å². The maximum absolute atomic E-state index is 11.8. The van der Waals surface area contributed by atoms with Crippen molar-refractivity contribution in [2.75, 3.05) is 11.9 Å². The first-order valence-electron chi connectivity index (χ1n) is 7.19. The molecular formula is C17H15Cl3N2O2. The predicted molar refractivity (Wildman–Crippen MR) is 97.9 cm³/mol. The fourth-order valence-electron chi connectivity index (χ4n) is 2.08. The molecule has 0 spiro atoms. The minimum absolute atomic E-state index is 0.278. The van der Waals surface area contributed by atoms with Crippen molar-refractivity contribution >= 4 is 52.3 Å². The van der Waals surface area contributed by atoms with E-state index in [-0.39, 0.29) is 12.3 Å². The number of carbonyl (C=O) groups is 2. The summed E-state index contributed by atoms with van der Waals surface area (Å²) < 4.78 is 0. The molecule has 0 bridgehead atoms. The van der Waals surface area contributed by atoms with E-state index in [9.17, 15) is 9.59 Å². The van der Waals surface area contributed by atoms with Crippen LogP contribution in [0.5, 0.6) is 0 Å². The number of halogens is 3. The lowest BCUT2D eigenvalue weighted by Crippen LogP contribution is -2.29. The van der Waals surface area contributed by atoms with Crippen LogP contribution >= 0.6 is 34.8 Å². The van der Waals surface area contributed by atoms with Gasteiger partial charge in [-0.2, -0.15) is 0 Å². The summed E-state index contributed by atoms with van der Waals surface area (Å²) in [6.45, 7) is 0.426. The van der Waals surface area contributed by atoms with Gasteiger partial charge in [-0.25, -0.2) is 0 Å². The van der Waals surface area contributed by atoms with Gasteiger partial charge in [0.25, 0.3) is 0 Å². The van der Waals surface area contributed by atoms with Gasteiger partial charge in [0.15, 0.2) is 0 Å². The van der Waals surface area contributed by atoms with Gasteiger partial charge in [-0.05, 0) is 42.3 Å². The van der Waals surface area contributed by atoms with Gasteiger partial charge in [0.1, 0.15) is 6.42 Å². The normalized spacial score (nSPS) is 10.3. The lowest BCUT2D eigenvalue weighted by atomic mass is 10.1. The number of anilines is 1. The molecule has 0 saturated heterocycles.